The number of pyridine rings is 1. The Labute approximate surface area is 140 Å². The van der Waals surface area contributed by atoms with E-state index in [9.17, 15) is 14.9 Å². The third kappa shape index (κ3) is 4.81. The summed E-state index contributed by atoms with van der Waals surface area (Å²) in [5, 5.41) is 11.0. The summed E-state index contributed by atoms with van der Waals surface area (Å²) in [4.78, 5) is 28.4. The number of nitro groups is 1. The predicted molar refractivity (Wildman–Crippen MR) is 87.0 cm³/mol. The molecular formula is C16H23N3O5. The van der Waals surface area contributed by atoms with Gasteiger partial charge in [-0.2, -0.15) is 0 Å². The van der Waals surface area contributed by atoms with Crippen molar-refractivity contribution in [1.82, 2.24) is 9.88 Å². The SMILES string of the molecule is CC(C)(C)OC(=O)N1CCCC[C@H]1COc1ncccc1[N+](=O)[O-]. The Balaban J connectivity index is 2.04. The van der Waals surface area contributed by atoms with Crippen molar-refractivity contribution >= 4 is 11.8 Å². The molecule has 24 heavy (non-hydrogen) atoms. The van der Waals surface area contributed by atoms with Gasteiger partial charge in [0.1, 0.15) is 12.2 Å². The first-order valence-corrected chi connectivity index (χ1v) is 8.00. The highest BCUT2D eigenvalue weighted by Gasteiger charge is 2.31. The maximum Gasteiger partial charge on any atom is 0.410 e. The van der Waals surface area contributed by atoms with Gasteiger partial charge in [-0.25, -0.2) is 9.78 Å². The molecule has 132 valence electrons. The fraction of sp³-hybridized carbons (Fsp3) is 0.625. The third-order valence-electron chi connectivity index (χ3n) is 3.62. The highest BCUT2D eigenvalue weighted by Crippen LogP contribution is 2.25. The summed E-state index contributed by atoms with van der Waals surface area (Å²) in [5.74, 6) is -0.0304. The summed E-state index contributed by atoms with van der Waals surface area (Å²) in [5.41, 5.74) is -0.753. The summed E-state index contributed by atoms with van der Waals surface area (Å²) < 4.78 is 11.0. The van der Waals surface area contributed by atoms with E-state index in [0.717, 1.165) is 19.3 Å². The van der Waals surface area contributed by atoms with Crippen LogP contribution in [-0.4, -0.2) is 45.7 Å². The van der Waals surface area contributed by atoms with E-state index < -0.39 is 10.5 Å². The van der Waals surface area contributed by atoms with E-state index >= 15 is 0 Å². The van der Waals surface area contributed by atoms with Crippen LogP contribution >= 0.6 is 0 Å². The van der Waals surface area contributed by atoms with Crippen molar-refractivity contribution < 1.29 is 19.2 Å². The van der Waals surface area contributed by atoms with Crippen LogP contribution in [0, 0.1) is 10.1 Å². The molecule has 0 aliphatic carbocycles. The van der Waals surface area contributed by atoms with Crippen molar-refractivity contribution in [3.05, 3.63) is 28.4 Å². The van der Waals surface area contributed by atoms with Crippen LogP contribution in [0.3, 0.4) is 0 Å². The van der Waals surface area contributed by atoms with E-state index in [4.69, 9.17) is 9.47 Å². The summed E-state index contributed by atoms with van der Waals surface area (Å²) >= 11 is 0. The number of aromatic nitrogens is 1. The van der Waals surface area contributed by atoms with E-state index in [1.165, 1.54) is 18.3 Å². The lowest BCUT2D eigenvalue weighted by Crippen LogP contribution is -2.48. The van der Waals surface area contributed by atoms with Gasteiger partial charge in [0, 0.05) is 18.8 Å². The fourth-order valence-electron chi connectivity index (χ4n) is 2.54. The van der Waals surface area contributed by atoms with Gasteiger partial charge in [-0.15, -0.1) is 0 Å². The van der Waals surface area contributed by atoms with Crippen LogP contribution in [0.2, 0.25) is 0 Å². The minimum atomic E-state index is -0.570. The van der Waals surface area contributed by atoms with Gasteiger partial charge in [-0.3, -0.25) is 10.1 Å². The highest BCUT2D eigenvalue weighted by atomic mass is 16.6. The van der Waals surface area contributed by atoms with Crippen LogP contribution < -0.4 is 4.74 Å². The number of hydrogen-bond acceptors (Lipinski definition) is 6. The monoisotopic (exact) mass is 337 g/mol. The second-order valence-electron chi connectivity index (χ2n) is 6.72. The Morgan fingerprint density at radius 2 is 2.21 bits per heavy atom. The minimum Gasteiger partial charge on any atom is -0.471 e. The molecule has 8 nitrogen and oxygen atoms in total. The summed E-state index contributed by atoms with van der Waals surface area (Å²) in [6.07, 6.45) is 3.69. The van der Waals surface area contributed by atoms with Crippen molar-refractivity contribution in [1.29, 1.82) is 0 Å². The van der Waals surface area contributed by atoms with Gasteiger partial charge in [-0.05, 0) is 46.1 Å². The van der Waals surface area contributed by atoms with Crippen LogP contribution in [0.1, 0.15) is 40.0 Å². The first-order valence-electron chi connectivity index (χ1n) is 8.00. The average Bonchev–Trinajstić information content (AvgIpc) is 2.51. The van der Waals surface area contributed by atoms with Gasteiger partial charge >= 0.3 is 11.8 Å². The van der Waals surface area contributed by atoms with Crippen molar-refractivity contribution in [2.75, 3.05) is 13.2 Å². The number of ether oxygens (including phenoxy) is 2. The van der Waals surface area contributed by atoms with Crippen LogP contribution in [0.25, 0.3) is 0 Å². The number of likely N-dealkylation sites (tertiary alicyclic amines) is 1. The molecule has 8 heteroatoms. The molecule has 0 radical (unpaired) electrons. The van der Waals surface area contributed by atoms with Crippen molar-refractivity contribution in [3.8, 4) is 5.88 Å². The zero-order valence-corrected chi connectivity index (χ0v) is 14.2. The third-order valence-corrected chi connectivity index (χ3v) is 3.62. The molecule has 1 aromatic rings. The van der Waals surface area contributed by atoms with Crippen LogP contribution in [0.15, 0.2) is 18.3 Å². The van der Waals surface area contributed by atoms with Crippen molar-refractivity contribution in [3.63, 3.8) is 0 Å². The number of nitrogens with zero attached hydrogens (tertiary/aromatic N) is 3. The first-order chi connectivity index (χ1) is 11.3. The lowest BCUT2D eigenvalue weighted by Gasteiger charge is -2.36. The molecule has 1 saturated heterocycles. The molecule has 0 bridgehead atoms. The second kappa shape index (κ2) is 7.46. The zero-order valence-electron chi connectivity index (χ0n) is 14.2. The number of hydrogen-bond donors (Lipinski definition) is 0. The lowest BCUT2D eigenvalue weighted by molar-refractivity contribution is -0.386. The van der Waals surface area contributed by atoms with Gasteiger partial charge < -0.3 is 14.4 Å². The molecule has 1 aliphatic heterocycles. The molecule has 1 fully saturated rings. The molecule has 1 amide bonds. The first kappa shape index (κ1) is 18.0. The second-order valence-corrected chi connectivity index (χ2v) is 6.72. The van der Waals surface area contributed by atoms with Gasteiger partial charge in [-0.1, -0.05) is 0 Å². The molecule has 1 aromatic heterocycles. The quantitative estimate of drug-likeness (QED) is 0.618. The van der Waals surface area contributed by atoms with E-state index in [0.29, 0.717) is 6.54 Å². The number of rotatable bonds is 4. The highest BCUT2D eigenvalue weighted by molar-refractivity contribution is 5.68. The van der Waals surface area contributed by atoms with Gasteiger partial charge in [0.25, 0.3) is 5.88 Å². The lowest BCUT2D eigenvalue weighted by atomic mass is 10.0. The molecule has 2 rings (SSSR count). The topological polar surface area (TPSA) is 94.8 Å². The maximum absolute atomic E-state index is 12.3. The van der Waals surface area contributed by atoms with Gasteiger partial charge in [0.15, 0.2) is 0 Å². The zero-order chi connectivity index (χ0) is 17.7. The van der Waals surface area contributed by atoms with E-state index in [2.05, 4.69) is 4.98 Å². The minimum absolute atomic E-state index is 0.0304. The number of piperidine rings is 1. The number of carbonyl (C=O) groups is 1. The largest absolute Gasteiger partial charge is 0.471 e. The van der Waals surface area contributed by atoms with E-state index in [1.807, 2.05) is 20.8 Å². The number of amides is 1. The maximum atomic E-state index is 12.3. The smallest absolute Gasteiger partial charge is 0.410 e. The molecule has 0 N–H and O–H groups in total. The Hall–Kier alpha value is -2.38. The normalized spacial score (nSPS) is 18.1. The molecule has 0 saturated carbocycles. The fourth-order valence-corrected chi connectivity index (χ4v) is 2.54. The van der Waals surface area contributed by atoms with Gasteiger partial charge in [0.2, 0.25) is 0 Å². The molecule has 0 unspecified atom stereocenters. The molecule has 2 heterocycles. The van der Waals surface area contributed by atoms with E-state index in [-0.39, 0.29) is 30.3 Å². The Bertz CT molecular complexity index is 600. The Morgan fingerprint density at radius 1 is 1.46 bits per heavy atom. The Morgan fingerprint density at radius 3 is 2.88 bits per heavy atom. The number of carbonyl (C=O) groups excluding carboxylic acids is 1. The van der Waals surface area contributed by atoms with Crippen LogP contribution in [0.5, 0.6) is 5.88 Å². The van der Waals surface area contributed by atoms with Crippen molar-refractivity contribution in [2.45, 2.75) is 51.7 Å². The van der Waals surface area contributed by atoms with Crippen molar-refractivity contribution in [2.24, 2.45) is 0 Å². The van der Waals surface area contributed by atoms with Crippen LogP contribution in [-0.2, 0) is 4.74 Å². The molecule has 1 aliphatic rings. The standard InChI is InChI=1S/C16H23N3O5/c1-16(2,3)24-15(20)18-10-5-4-7-12(18)11-23-14-13(19(21)22)8-6-9-17-14/h6,8-9,12H,4-5,7,10-11H2,1-3H3/t12-/m0/s1. The molecule has 0 spiro atoms. The molecular weight excluding hydrogens is 314 g/mol. The van der Waals surface area contributed by atoms with E-state index in [1.54, 1.807) is 4.90 Å². The van der Waals surface area contributed by atoms with Crippen LogP contribution in [0.4, 0.5) is 10.5 Å². The predicted octanol–water partition coefficient (Wildman–Crippen LogP) is 3.16. The molecule has 1 atom stereocenters. The summed E-state index contributed by atoms with van der Waals surface area (Å²) in [6.45, 7) is 6.19. The summed E-state index contributed by atoms with van der Waals surface area (Å²) in [6, 6.07) is 2.64. The van der Waals surface area contributed by atoms with Gasteiger partial charge in [0.05, 0.1) is 11.0 Å². The Kier molecular flexibility index (Phi) is 5.58. The molecule has 0 aromatic carbocycles. The summed E-state index contributed by atoms with van der Waals surface area (Å²) in [7, 11) is 0. The average molecular weight is 337 g/mol.